The topological polar surface area (TPSA) is 18.5 Å². The van der Waals surface area contributed by atoms with Gasteiger partial charge in [-0.25, -0.2) is 0 Å². The Morgan fingerprint density at radius 3 is 2.14 bits per heavy atom. The first kappa shape index (κ1) is 22.1. The fourth-order valence-corrected chi connectivity index (χ4v) is 10.1. The summed E-state index contributed by atoms with van der Waals surface area (Å²) < 4.78 is 13.2. The Morgan fingerprint density at radius 1 is 0.793 bits per heavy atom. The molecule has 7 atom stereocenters. The van der Waals surface area contributed by atoms with Crippen molar-refractivity contribution in [3.63, 3.8) is 0 Å². The zero-order valence-electron chi connectivity index (χ0n) is 20.4. The highest BCUT2D eigenvalue weighted by atomic mass is 28.4. The Hall–Kier alpha value is -0.0662. The van der Waals surface area contributed by atoms with Gasteiger partial charge in [0, 0.05) is 6.42 Å². The molecule has 3 saturated carbocycles. The van der Waals surface area contributed by atoms with Crippen LogP contribution in [0, 0.1) is 34.5 Å². The third-order valence-corrected chi connectivity index (χ3v) is 11.0. The molecule has 0 spiro atoms. The van der Waals surface area contributed by atoms with Crippen molar-refractivity contribution in [2.24, 2.45) is 34.5 Å². The van der Waals surface area contributed by atoms with Crippen molar-refractivity contribution in [1.82, 2.24) is 0 Å². The molecule has 2 nitrogen and oxygen atoms in total. The first-order valence-electron chi connectivity index (χ1n) is 12.4. The molecule has 3 unspecified atom stereocenters. The number of fused-ring (bicyclic) bond motifs is 5. The van der Waals surface area contributed by atoms with E-state index < -0.39 is 16.6 Å². The maximum Gasteiger partial charge on any atom is 0.241 e. The van der Waals surface area contributed by atoms with Crippen LogP contribution < -0.4 is 0 Å². The maximum absolute atomic E-state index is 6.76. The Balaban J connectivity index is 1.53. The summed E-state index contributed by atoms with van der Waals surface area (Å²) in [6.07, 6.45) is 14.0. The van der Waals surface area contributed by atoms with E-state index in [1.807, 2.05) is 0 Å². The van der Waals surface area contributed by atoms with Crippen LogP contribution in [0.15, 0.2) is 11.8 Å². The van der Waals surface area contributed by atoms with E-state index in [0.717, 1.165) is 23.7 Å². The summed E-state index contributed by atoms with van der Waals surface area (Å²) in [4.78, 5) is 0. The zero-order valence-corrected chi connectivity index (χ0v) is 22.4. The molecule has 166 valence electrons. The van der Waals surface area contributed by atoms with Gasteiger partial charge in [-0.15, -0.1) is 0 Å². The summed E-state index contributed by atoms with van der Waals surface area (Å²) in [5.74, 6) is 4.80. The van der Waals surface area contributed by atoms with Crippen LogP contribution in [-0.4, -0.2) is 22.7 Å². The Morgan fingerprint density at radius 2 is 1.48 bits per heavy atom. The minimum Gasteiger partial charge on any atom is -0.548 e. The van der Waals surface area contributed by atoms with E-state index in [2.05, 4.69) is 59.2 Å². The van der Waals surface area contributed by atoms with Gasteiger partial charge in [-0.3, -0.25) is 0 Å². The molecule has 4 aliphatic carbocycles. The Labute approximate surface area is 182 Å². The molecule has 0 aliphatic heterocycles. The smallest absolute Gasteiger partial charge is 0.241 e. The van der Waals surface area contributed by atoms with Crippen LogP contribution in [0.1, 0.15) is 65.2 Å². The number of hydrogen-bond acceptors (Lipinski definition) is 2. The lowest BCUT2D eigenvalue weighted by molar-refractivity contribution is -0.103. The lowest BCUT2D eigenvalue weighted by atomic mass is 9.46. The normalized spacial score (nSPS) is 45.1. The van der Waals surface area contributed by atoms with Crippen LogP contribution in [0.4, 0.5) is 0 Å². The molecule has 4 aliphatic rings. The van der Waals surface area contributed by atoms with E-state index >= 15 is 0 Å². The van der Waals surface area contributed by atoms with Gasteiger partial charge in [-0.1, -0.05) is 13.8 Å². The third-order valence-electron chi connectivity index (χ3n) is 9.09. The first-order chi connectivity index (χ1) is 13.3. The molecule has 29 heavy (non-hydrogen) atoms. The summed E-state index contributed by atoms with van der Waals surface area (Å²) in [6.45, 7) is 19.3. The predicted octanol–water partition coefficient (Wildman–Crippen LogP) is 7.59. The molecule has 0 saturated heterocycles. The standard InChI is InChI=1S/C25H46O2Si2/c1-24-15-13-19(26-28(3,4)5)17-18(24)9-10-20-21-11-12-23(27-29(6,7)8)25(21,2)16-14-22(20)24/h17-18,20-23H,9-16H2,1-8H3/t18-,20?,21?,22?,23-,24+,25+/m1/s1. The van der Waals surface area contributed by atoms with Gasteiger partial charge in [0.05, 0.1) is 11.9 Å². The van der Waals surface area contributed by atoms with E-state index in [1.165, 1.54) is 57.1 Å². The highest BCUT2D eigenvalue weighted by molar-refractivity contribution is 6.70. The fourth-order valence-electron chi connectivity index (χ4n) is 7.88. The van der Waals surface area contributed by atoms with Crippen LogP contribution in [0.5, 0.6) is 0 Å². The van der Waals surface area contributed by atoms with Crippen molar-refractivity contribution in [1.29, 1.82) is 0 Å². The van der Waals surface area contributed by atoms with Gasteiger partial charge < -0.3 is 8.85 Å². The molecular formula is C25H46O2Si2. The van der Waals surface area contributed by atoms with Crippen LogP contribution in [-0.2, 0) is 8.85 Å². The quantitative estimate of drug-likeness (QED) is 0.424. The van der Waals surface area contributed by atoms with Crippen LogP contribution in [0.2, 0.25) is 39.3 Å². The molecule has 0 amide bonds. The van der Waals surface area contributed by atoms with E-state index in [1.54, 1.807) is 0 Å². The molecule has 0 radical (unpaired) electrons. The largest absolute Gasteiger partial charge is 0.548 e. The minimum absolute atomic E-state index is 0.432. The van der Waals surface area contributed by atoms with Gasteiger partial charge in [0.25, 0.3) is 0 Å². The van der Waals surface area contributed by atoms with Crippen LogP contribution in [0.25, 0.3) is 0 Å². The fraction of sp³-hybridized carbons (Fsp3) is 0.920. The van der Waals surface area contributed by atoms with E-state index in [4.69, 9.17) is 8.85 Å². The summed E-state index contributed by atoms with van der Waals surface area (Å²) in [5.41, 5.74) is 0.926. The molecule has 3 fully saturated rings. The second kappa shape index (κ2) is 7.23. The van der Waals surface area contributed by atoms with Gasteiger partial charge in [-0.2, -0.15) is 0 Å². The monoisotopic (exact) mass is 434 g/mol. The second-order valence-electron chi connectivity index (χ2n) is 13.3. The molecule has 0 aromatic carbocycles. The molecule has 0 N–H and O–H groups in total. The number of rotatable bonds is 4. The Bertz CT molecular complexity index is 661. The van der Waals surface area contributed by atoms with Crippen molar-refractivity contribution in [3.8, 4) is 0 Å². The van der Waals surface area contributed by atoms with Gasteiger partial charge in [-0.05, 0) is 125 Å². The summed E-state index contributed by atoms with van der Waals surface area (Å²) in [7, 11) is -2.97. The van der Waals surface area contributed by atoms with Crippen molar-refractivity contribution in [2.45, 2.75) is 111 Å². The van der Waals surface area contributed by atoms with Crippen molar-refractivity contribution in [3.05, 3.63) is 11.8 Å². The molecular weight excluding hydrogens is 388 g/mol. The van der Waals surface area contributed by atoms with Gasteiger partial charge in [0.15, 0.2) is 8.32 Å². The second-order valence-corrected chi connectivity index (χ2v) is 22.1. The average Bonchev–Trinajstić information content (AvgIpc) is 2.89. The summed E-state index contributed by atoms with van der Waals surface area (Å²) in [5, 5.41) is 0. The van der Waals surface area contributed by atoms with Gasteiger partial charge in [0.2, 0.25) is 8.32 Å². The molecule has 0 aromatic heterocycles. The average molecular weight is 435 g/mol. The molecule has 0 heterocycles. The first-order valence-corrected chi connectivity index (χ1v) is 19.2. The summed E-state index contributed by atoms with van der Waals surface area (Å²) >= 11 is 0. The summed E-state index contributed by atoms with van der Waals surface area (Å²) in [6, 6.07) is 0. The van der Waals surface area contributed by atoms with Crippen molar-refractivity contribution < 1.29 is 8.85 Å². The molecule has 0 bridgehead atoms. The van der Waals surface area contributed by atoms with E-state index in [-0.39, 0.29) is 0 Å². The Kier molecular flexibility index (Phi) is 5.52. The van der Waals surface area contributed by atoms with Crippen LogP contribution >= 0.6 is 0 Å². The number of allylic oxidation sites excluding steroid dienone is 2. The molecule has 4 rings (SSSR count). The minimum atomic E-state index is -1.49. The van der Waals surface area contributed by atoms with Crippen molar-refractivity contribution >= 4 is 16.6 Å². The maximum atomic E-state index is 6.76. The highest BCUT2D eigenvalue weighted by Crippen LogP contribution is 2.66. The number of hydrogen-bond donors (Lipinski definition) is 0. The lowest BCUT2D eigenvalue weighted by Gasteiger charge is -2.60. The SMILES string of the molecule is C[C@]12CCC3C(CC[C@@H]4C=C(O[Si](C)(C)C)CC[C@]34C)C1CC[C@H]2O[Si](C)(C)C. The van der Waals surface area contributed by atoms with E-state index in [9.17, 15) is 0 Å². The predicted molar refractivity (Wildman–Crippen MR) is 128 cm³/mol. The van der Waals surface area contributed by atoms with Gasteiger partial charge in [0.1, 0.15) is 0 Å². The third kappa shape index (κ3) is 4.07. The van der Waals surface area contributed by atoms with Crippen molar-refractivity contribution in [2.75, 3.05) is 0 Å². The lowest BCUT2D eigenvalue weighted by Crippen LogP contribution is -2.54. The van der Waals surface area contributed by atoms with E-state index in [0.29, 0.717) is 16.9 Å². The molecule has 0 aromatic rings. The molecule has 4 heteroatoms. The highest BCUT2D eigenvalue weighted by Gasteiger charge is 2.60. The zero-order chi connectivity index (χ0) is 21.2. The van der Waals surface area contributed by atoms with Gasteiger partial charge >= 0.3 is 0 Å². The van der Waals surface area contributed by atoms with Crippen LogP contribution in [0.3, 0.4) is 0 Å².